The van der Waals surface area contributed by atoms with Crippen LogP contribution in [0.15, 0.2) is 24.4 Å². The first-order valence-electron chi connectivity index (χ1n) is 9.03. The van der Waals surface area contributed by atoms with Crippen LogP contribution >= 0.6 is 0 Å². The van der Waals surface area contributed by atoms with Crippen LogP contribution in [0.4, 0.5) is 0 Å². The van der Waals surface area contributed by atoms with Crippen molar-refractivity contribution in [2.45, 2.75) is 38.0 Å². The molecule has 4 rings (SSSR count). The van der Waals surface area contributed by atoms with E-state index in [1.165, 1.54) is 0 Å². The molecule has 1 aromatic heterocycles. The van der Waals surface area contributed by atoms with Gasteiger partial charge < -0.3 is 9.64 Å². The van der Waals surface area contributed by atoms with E-state index in [1.54, 1.807) is 0 Å². The van der Waals surface area contributed by atoms with Crippen LogP contribution in [0.25, 0.3) is 0 Å². The number of ether oxygens (including phenoxy) is 1. The van der Waals surface area contributed by atoms with Gasteiger partial charge in [-0.25, -0.2) is 0 Å². The van der Waals surface area contributed by atoms with Crippen molar-refractivity contribution in [3.63, 3.8) is 0 Å². The van der Waals surface area contributed by atoms with Crippen molar-refractivity contribution < 1.29 is 9.53 Å². The Morgan fingerprint density at radius 1 is 1.29 bits per heavy atom. The lowest BCUT2D eigenvalue weighted by molar-refractivity contribution is -0.135. The topological polar surface area (TPSA) is 48.9 Å². The number of hydrogen-bond donors (Lipinski definition) is 0. The molecule has 0 bridgehead atoms. The van der Waals surface area contributed by atoms with Crippen molar-refractivity contribution in [3.05, 3.63) is 30.1 Å². The molecule has 1 spiro atoms. The summed E-state index contributed by atoms with van der Waals surface area (Å²) in [6.07, 6.45) is 3.70. The maximum Gasteiger partial charge on any atom is 0.242 e. The molecular weight excluding hydrogens is 304 g/mol. The molecule has 0 unspecified atom stereocenters. The van der Waals surface area contributed by atoms with E-state index in [4.69, 9.17) is 4.74 Å². The highest BCUT2D eigenvalue weighted by Gasteiger charge is 2.57. The predicted octanol–water partition coefficient (Wildman–Crippen LogP) is 0.937. The summed E-state index contributed by atoms with van der Waals surface area (Å²) in [4.78, 5) is 24.4. The smallest absolute Gasteiger partial charge is 0.242 e. The van der Waals surface area contributed by atoms with Gasteiger partial charge in [-0.2, -0.15) is 0 Å². The molecule has 130 valence electrons. The van der Waals surface area contributed by atoms with Crippen molar-refractivity contribution in [2.24, 2.45) is 0 Å². The van der Waals surface area contributed by atoms with Crippen LogP contribution < -0.4 is 0 Å². The third-order valence-corrected chi connectivity index (χ3v) is 5.77. The van der Waals surface area contributed by atoms with Gasteiger partial charge in [0.1, 0.15) is 11.7 Å². The number of carbonyl (C=O) groups excluding carboxylic acids is 1. The Bertz CT molecular complexity index is 588. The van der Waals surface area contributed by atoms with Gasteiger partial charge in [0.15, 0.2) is 0 Å². The predicted molar refractivity (Wildman–Crippen MR) is 90.2 cm³/mol. The third-order valence-electron chi connectivity index (χ3n) is 5.77. The number of aromatic nitrogens is 1. The standard InChI is InChI=1S/C18H26N4O2/c1-2-21-17(23)16-14-20(13-15-5-3-4-8-19-15)9-10-22(16)18(21)6-11-24-12-7-18/h3-5,8,16H,2,6-7,9-14H2,1H3/t16-/m1/s1. The molecule has 3 aliphatic rings. The molecule has 3 fully saturated rings. The first-order valence-corrected chi connectivity index (χ1v) is 9.03. The Balaban J connectivity index is 1.53. The molecule has 6 nitrogen and oxygen atoms in total. The van der Waals surface area contributed by atoms with Gasteiger partial charge in [0.05, 0.1) is 18.9 Å². The van der Waals surface area contributed by atoms with Crippen LogP contribution in [0.2, 0.25) is 0 Å². The fourth-order valence-corrected chi connectivity index (χ4v) is 4.66. The summed E-state index contributed by atoms with van der Waals surface area (Å²) in [6.45, 7) is 7.94. The molecule has 1 aromatic rings. The lowest BCUT2D eigenvalue weighted by Gasteiger charge is -2.48. The van der Waals surface area contributed by atoms with E-state index in [9.17, 15) is 4.79 Å². The molecule has 1 amide bonds. The molecular formula is C18H26N4O2. The van der Waals surface area contributed by atoms with Gasteiger partial charge in [-0.3, -0.25) is 19.6 Å². The van der Waals surface area contributed by atoms with Gasteiger partial charge in [-0.1, -0.05) is 6.07 Å². The zero-order valence-corrected chi connectivity index (χ0v) is 14.4. The molecule has 3 aliphatic heterocycles. The van der Waals surface area contributed by atoms with Crippen LogP contribution in [0.3, 0.4) is 0 Å². The van der Waals surface area contributed by atoms with Gasteiger partial charge in [0.2, 0.25) is 5.91 Å². The summed E-state index contributed by atoms with van der Waals surface area (Å²) in [6, 6.07) is 6.01. The third kappa shape index (κ3) is 2.53. The van der Waals surface area contributed by atoms with E-state index in [0.717, 1.165) is 64.5 Å². The molecule has 1 atom stereocenters. The van der Waals surface area contributed by atoms with E-state index in [-0.39, 0.29) is 11.7 Å². The average Bonchev–Trinajstić information content (AvgIpc) is 2.84. The molecule has 0 saturated carbocycles. The largest absolute Gasteiger partial charge is 0.381 e. The number of nitrogens with zero attached hydrogens (tertiary/aromatic N) is 4. The molecule has 6 heteroatoms. The Morgan fingerprint density at radius 2 is 2.12 bits per heavy atom. The van der Waals surface area contributed by atoms with E-state index >= 15 is 0 Å². The number of rotatable bonds is 3. The minimum Gasteiger partial charge on any atom is -0.381 e. The molecule has 0 aliphatic carbocycles. The van der Waals surface area contributed by atoms with Crippen molar-refractivity contribution >= 4 is 5.91 Å². The first kappa shape index (κ1) is 16.0. The normalized spacial score (nSPS) is 27.6. The van der Waals surface area contributed by atoms with Crippen LogP contribution in [0.5, 0.6) is 0 Å². The molecule has 3 saturated heterocycles. The van der Waals surface area contributed by atoms with Crippen molar-refractivity contribution in [3.8, 4) is 0 Å². The maximum absolute atomic E-state index is 13.0. The summed E-state index contributed by atoms with van der Waals surface area (Å²) in [7, 11) is 0. The van der Waals surface area contributed by atoms with E-state index in [0.29, 0.717) is 5.91 Å². The second-order valence-electron chi connectivity index (χ2n) is 6.94. The quantitative estimate of drug-likeness (QED) is 0.825. The first-order chi connectivity index (χ1) is 11.7. The second-order valence-corrected chi connectivity index (χ2v) is 6.94. The highest BCUT2D eigenvalue weighted by atomic mass is 16.5. The monoisotopic (exact) mass is 330 g/mol. The van der Waals surface area contributed by atoms with Gasteiger partial charge in [0, 0.05) is 51.8 Å². The Labute approximate surface area is 143 Å². The minimum atomic E-state index is -0.105. The van der Waals surface area contributed by atoms with Crippen LogP contribution in [0.1, 0.15) is 25.5 Å². The lowest BCUT2D eigenvalue weighted by atomic mass is 9.96. The van der Waals surface area contributed by atoms with Gasteiger partial charge >= 0.3 is 0 Å². The minimum absolute atomic E-state index is 0.0134. The van der Waals surface area contributed by atoms with Crippen molar-refractivity contribution in [1.82, 2.24) is 19.7 Å². The zero-order chi connectivity index (χ0) is 16.6. The molecule has 24 heavy (non-hydrogen) atoms. The molecule has 0 aromatic carbocycles. The van der Waals surface area contributed by atoms with Crippen LogP contribution in [-0.4, -0.2) is 76.7 Å². The van der Waals surface area contributed by atoms with Crippen LogP contribution in [0, 0.1) is 0 Å². The fraction of sp³-hybridized carbons (Fsp3) is 0.667. The second kappa shape index (κ2) is 6.43. The Hall–Kier alpha value is -1.50. The average molecular weight is 330 g/mol. The van der Waals surface area contributed by atoms with Gasteiger partial charge in [-0.15, -0.1) is 0 Å². The van der Waals surface area contributed by atoms with Crippen LogP contribution in [-0.2, 0) is 16.1 Å². The summed E-state index contributed by atoms with van der Waals surface area (Å²) in [5.41, 5.74) is 0.968. The summed E-state index contributed by atoms with van der Waals surface area (Å²) < 4.78 is 5.58. The van der Waals surface area contributed by atoms with E-state index in [1.807, 2.05) is 18.3 Å². The van der Waals surface area contributed by atoms with Crippen molar-refractivity contribution in [2.75, 3.05) is 39.4 Å². The molecule has 4 heterocycles. The number of pyridine rings is 1. The summed E-state index contributed by atoms with van der Waals surface area (Å²) >= 11 is 0. The number of likely N-dealkylation sites (N-methyl/N-ethyl adjacent to an activating group) is 1. The highest BCUT2D eigenvalue weighted by molar-refractivity contribution is 5.85. The lowest BCUT2D eigenvalue weighted by Crippen LogP contribution is -2.61. The SMILES string of the molecule is CCN1C(=O)[C@H]2CN(Cc3ccccn3)CCN2C12CCOCC2. The van der Waals surface area contributed by atoms with E-state index < -0.39 is 0 Å². The number of carbonyl (C=O) groups is 1. The number of amides is 1. The molecule has 0 N–H and O–H groups in total. The molecule has 0 radical (unpaired) electrons. The van der Waals surface area contributed by atoms with Gasteiger partial charge in [0.25, 0.3) is 0 Å². The van der Waals surface area contributed by atoms with Crippen molar-refractivity contribution in [1.29, 1.82) is 0 Å². The Kier molecular flexibility index (Phi) is 4.28. The number of fused-ring (bicyclic) bond motifs is 2. The fourth-order valence-electron chi connectivity index (χ4n) is 4.66. The van der Waals surface area contributed by atoms with Gasteiger partial charge in [-0.05, 0) is 19.1 Å². The Morgan fingerprint density at radius 3 is 2.83 bits per heavy atom. The highest BCUT2D eigenvalue weighted by Crippen LogP contribution is 2.40. The number of piperazine rings is 1. The van der Waals surface area contributed by atoms with E-state index in [2.05, 4.69) is 32.7 Å². The summed E-state index contributed by atoms with van der Waals surface area (Å²) in [5, 5.41) is 0. The maximum atomic E-state index is 13.0. The zero-order valence-electron chi connectivity index (χ0n) is 14.4. The number of hydrogen-bond acceptors (Lipinski definition) is 5. The summed E-state index contributed by atoms with van der Waals surface area (Å²) in [5.74, 6) is 0.296.